The Morgan fingerprint density at radius 1 is 1.61 bits per heavy atom. The molecule has 1 rings (SSSR count). The van der Waals surface area contributed by atoms with Gasteiger partial charge in [0, 0.05) is 12.8 Å². The molecule has 8 heteroatoms. The highest BCUT2D eigenvalue weighted by atomic mass is 32.2. The van der Waals surface area contributed by atoms with Crippen LogP contribution in [-0.4, -0.2) is 51.1 Å². The zero-order chi connectivity index (χ0) is 13.6. The largest absolute Gasteiger partial charge is 0.465 e. The minimum Gasteiger partial charge on any atom is -0.465 e. The summed E-state index contributed by atoms with van der Waals surface area (Å²) in [6, 6.07) is 0. The Hall–Kier alpha value is -1.15. The molecule has 1 aromatic rings. The third-order valence-corrected chi connectivity index (χ3v) is 3.70. The van der Waals surface area contributed by atoms with Gasteiger partial charge >= 0.3 is 5.97 Å². The first-order valence-corrected chi connectivity index (χ1v) is 6.73. The molecule has 0 aliphatic heterocycles. The number of hydrogen-bond donors (Lipinski definition) is 1. The van der Waals surface area contributed by atoms with Gasteiger partial charge in [-0.15, -0.1) is 5.10 Å². The Morgan fingerprint density at radius 2 is 2.33 bits per heavy atom. The zero-order valence-corrected chi connectivity index (χ0v) is 12.0. The predicted octanol–water partition coefficient (Wildman–Crippen LogP) is 0.234. The number of ether oxygens (including phenoxy) is 1. The minimum absolute atomic E-state index is 0.232. The van der Waals surface area contributed by atoms with Gasteiger partial charge in [0.25, 0.3) is 0 Å². The summed E-state index contributed by atoms with van der Waals surface area (Å²) in [5.41, 5.74) is -0.672. The molecule has 1 aromatic heterocycles. The molecule has 0 spiro atoms. The van der Waals surface area contributed by atoms with Crippen molar-refractivity contribution in [2.75, 3.05) is 19.4 Å². The first-order chi connectivity index (χ1) is 8.53. The van der Waals surface area contributed by atoms with Gasteiger partial charge in [-0.3, -0.25) is 4.79 Å². The summed E-state index contributed by atoms with van der Waals surface area (Å²) in [7, 11) is 3.54. The molecule has 102 valence electrons. The van der Waals surface area contributed by atoms with E-state index in [2.05, 4.69) is 20.8 Å². The maximum Gasteiger partial charge on any atom is 0.326 e. The quantitative estimate of drug-likeness (QED) is 0.562. The topological polar surface area (TPSA) is 81.9 Å². The molecule has 0 amide bonds. The van der Waals surface area contributed by atoms with Gasteiger partial charge in [-0.2, -0.15) is 0 Å². The van der Waals surface area contributed by atoms with E-state index in [1.165, 1.54) is 11.8 Å². The normalized spacial score (nSPS) is 14.2. The number of hydrogen-bond acceptors (Lipinski definition) is 7. The van der Waals surface area contributed by atoms with Gasteiger partial charge in [-0.1, -0.05) is 11.8 Å². The van der Waals surface area contributed by atoms with Gasteiger partial charge in [0.15, 0.2) is 0 Å². The van der Waals surface area contributed by atoms with Crippen molar-refractivity contribution in [3.8, 4) is 0 Å². The van der Waals surface area contributed by atoms with Crippen LogP contribution in [0.25, 0.3) is 0 Å². The standard InChI is InChI=1S/C10H19N5O2S/c1-5-17-8(16)10(2,11-3)6-7-18-9-12-13-14-15(9)4/h11H,5-7H2,1-4H3. The molecule has 1 unspecified atom stereocenters. The fourth-order valence-electron chi connectivity index (χ4n) is 1.31. The highest BCUT2D eigenvalue weighted by Gasteiger charge is 2.32. The molecule has 1 atom stereocenters. The molecule has 0 aliphatic carbocycles. The number of nitrogens with zero attached hydrogens (tertiary/aromatic N) is 4. The summed E-state index contributed by atoms with van der Waals surface area (Å²) in [5.74, 6) is 0.494. The van der Waals surface area contributed by atoms with Crippen LogP contribution in [0, 0.1) is 0 Å². The number of esters is 1. The van der Waals surface area contributed by atoms with Crippen molar-refractivity contribution < 1.29 is 9.53 Å². The molecule has 1 N–H and O–H groups in total. The lowest BCUT2D eigenvalue weighted by Gasteiger charge is -2.26. The Kier molecular flexibility index (Phi) is 5.54. The molecule has 0 fully saturated rings. The minimum atomic E-state index is -0.672. The van der Waals surface area contributed by atoms with E-state index in [-0.39, 0.29) is 5.97 Å². The van der Waals surface area contributed by atoms with Gasteiger partial charge in [0.2, 0.25) is 5.16 Å². The number of likely N-dealkylation sites (N-methyl/N-ethyl adjacent to an activating group) is 1. The maximum absolute atomic E-state index is 11.8. The third kappa shape index (κ3) is 3.67. The molecule has 0 radical (unpaired) electrons. The first kappa shape index (κ1) is 14.9. The third-order valence-electron chi connectivity index (χ3n) is 2.69. The van der Waals surface area contributed by atoms with Crippen LogP contribution in [0.3, 0.4) is 0 Å². The molecule has 0 aliphatic rings. The van der Waals surface area contributed by atoms with Crippen LogP contribution >= 0.6 is 11.8 Å². The lowest BCUT2D eigenvalue weighted by atomic mass is 10.00. The number of aryl methyl sites for hydroxylation is 1. The van der Waals surface area contributed by atoms with Crippen molar-refractivity contribution in [1.82, 2.24) is 25.5 Å². The number of carbonyl (C=O) groups is 1. The summed E-state index contributed by atoms with van der Waals surface area (Å²) >= 11 is 1.51. The van der Waals surface area contributed by atoms with E-state index in [9.17, 15) is 4.79 Å². The SMILES string of the molecule is CCOC(=O)C(C)(CCSc1nnnn1C)NC. The second kappa shape index (κ2) is 6.69. The summed E-state index contributed by atoms with van der Waals surface area (Å²) in [4.78, 5) is 11.8. The first-order valence-electron chi connectivity index (χ1n) is 5.74. The summed E-state index contributed by atoms with van der Waals surface area (Å²) in [5, 5.41) is 14.9. The number of carbonyl (C=O) groups excluding carboxylic acids is 1. The Balaban J connectivity index is 2.49. The van der Waals surface area contributed by atoms with E-state index in [0.29, 0.717) is 13.0 Å². The molecule has 0 saturated heterocycles. The van der Waals surface area contributed by atoms with E-state index in [4.69, 9.17) is 4.74 Å². The van der Waals surface area contributed by atoms with Crippen molar-refractivity contribution in [3.05, 3.63) is 0 Å². The maximum atomic E-state index is 11.8. The van der Waals surface area contributed by atoms with Crippen LogP contribution < -0.4 is 5.32 Å². The zero-order valence-electron chi connectivity index (χ0n) is 11.1. The van der Waals surface area contributed by atoms with Crippen molar-refractivity contribution in [1.29, 1.82) is 0 Å². The van der Waals surface area contributed by atoms with Crippen molar-refractivity contribution in [2.45, 2.75) is 31.0 Å². The molecule has 0 aromatic carbocycles. The van der Waals surface area contributed by atoms with Gasteiger partial charge in [0.1, 0.15) is 5.54 Å². The number of aromatic nitrogens is 4. The van der Waals surface area contributed by atoms with Crippen molar-refractivity contribution in [3.63, 3.8) is 0 Å². The lowest BCUT2D eigenvalue weighted by Crippen LogP contribution is -2.49. The van der Waals surface area contributed by atoms with Gasteiger partial charge in [0.05, 0.1) is 6.61 Å². The van der Waals surface area contributed by atoms with Crippen LogP contribution in [0.2, 0.25) is 0 Å². The highest BCUT2D eigenvalue weighted by Crippen LogP contribution is 2.20. The molecule has 1 heterocycles. The second-order valence-electron chi connectivity index (χ2n) is 3.99. The van der Waals surface area contributed by atoms with Crippen LogP contribution in [0.4, 0.5) is 0 Å². The number of rotatable bonds is 7. The molecule has 18 heavy (non-hydrogen) atoms. The van der Waals surface area contributed by atoms with Gasteiger partial charge < -0.3 is 10.1 Å². The van der Waals surface area contributed by atoms with E-state index in [0.717, 1.165) is 10.9 Å². The summed E-state index contributed by atoms with van der Waals surface area (Å²) < 4.78 is 6.66. The van der Waals surface area contributed by atoms with E-state index in [1.807, 2.05) is 6.92 Å². The molecule has 0 saturated carbocycles. The fourth-order valence-corrected chi connectivity index (χ4v) is 2.32. The molecule has 7 nitrogen and oxygen atoms in total. The van der Waals surface area contributed by atoms with E-state index < -0.39 is 5.54 Å². The number of tetrazole rings is 1. The van der Waals surface area contributed by atoms with Gasteiger partial charge in [-0.25, -0.2) is 4.68 Å². The summed E-state index contributed by atoms with van der Waals surface area (Å²) in [6.45, 7) is 4.02. The lowest BCUT2D eigenvalue weighted by molar-refractivity contribution is -0.150. The fraction of sp³-hybridized carbons (Fsp3) is 0.800. The monoisotopic (exact) mass is 273 g/mol. The second-order valence-corrected chi connectivity index (χ2v) is 5.05. The molecular weight excluding hydrogens is 254 g/mol. The number of thioether (sulfide) groups is 1. The van der Waals surface area contributed by atoms with Crippen LogP contribution in [0.1, 0.15) is 20.3 Å². The molecular formula is C10H19N5O2S. The Bertz CT molecular complexity index is 397. The predicted molar refractivity (Wildman–Crippen MR) is 68.2 cm³/mol. The average molecular weight is 273 g/mol. The number of nitrogens with one attached hydrogen (secondary N) is 1. The van der Waals surface area contributed by atoms with Crippen LogP contribution in [0.15, 0.2) is 5.16 Å². The van der Waals surface area contributed by atoms with E-state index in [1.54, 1.807) is 25.7 Å². The van der Waals surface area contributed by atoms with Crippen molar-refractivity contribution >= 4 is 17.7 Å². The average Bonchev–Trinajstić information content (AvgIpc) is 2.75. The van der Waals surface area contributed by atoms with Crippen LogP contribution in [0.5, 0.6) is 0 Å². The smallest absolute Gasteiger partial charge is 0.326 e. The van der Waals surface area contributed by atoms with Crippen LogP contribution in [-0.2, 0) is 16.6 Å². The Labute approximate surface area is 111 Å². The van der Waals surface area contributed by atoms with Gasteiger partial charge in [-0.05, 0) is 37.7 Å². The van der Waals surface area contributed by atoms with E-state index >= 15 is 0 Å². The van der Waals surface area contributed by atoms with Crippen molar-refractivity contribution in [2.24, 2.45) is 7.05 Å². The summed E-state index contributed by atoms with van der Waals surface area (Å²) in [6.07, 6.45) is 0.639. The Morgan fingerprint density at radius 3 is 2.83 bits per heavy atom. The highest BCUT2D eigenvalue weighted by molar-refractivity contribution is 7.99. The molecule has 0 bridgehead atoms.